The first-order valence-electron chi connectivity index (χ1n) is 9.02. The molecular weight excluding hydrogens is 304 g/mol. The molecule has 2 amide bonds. The summed E-state index contributed by atoms with van der Waals surface area (Å²) >= 11 is 0. The van der Waals surface area contributed by atoms with Gasteiger partial charge in [0, 0.05) is 19.7 Å². The Morgan fingerprint density at radius 3 is 2.62 bits per heavy atom. The number of carbonyl (C=O) groups is 1. The molecule has 5 nitrogen and oxygen atoms in total. The van der Waals surface area contributed by atoms with E-state index in [4.69, 9.17) is 4.74 Å². The van der Waals surface area contributed by atoms with Crippen LogP contribution in [0.1, 0.15) is 46.0 Å². The fourth-order valence-corrected chi connectivity index (χ4v) is 3.02. The fraction of sp³-hybridized carbons (Fsp3) is 0.632. The highest BCUT2D eigenvalue weighted by Crippen LogP contribution is 2.34. The van der Waals surface area contributed by atoms with Crippen LogP contribution in [-0.2, 0) is 0 Å². The van der Waals surface area contributed by atoms with Crippen LogP contribution in [0.3, 0.4) is 0 Å². The van der Waals surface area contributed by atoms with E-state index in [1.807, 2.05) is 29.2 Å². The molecule has 0 bridgehead atoms. The molecule has 1 aromatic rings. The molecule has 1 aliphatic heterocycles. The van der Waals surface area contributed by atoms with Crippen LogP contribution < -0.4 is 10.1 Å². The number of urea groups is 1. The number of aliphatic hydroxyl groups excluding tert-OH is 1. The minimum absolute atomic E-state index is 0.0159. The maximum Gasteiger partial charge on any atom is 0.321 e. The number of carbonyl (C=O) groups excluding carboxylic acids is 1. The maximum absolute atomic E-state index is 12.5. The molecule has 1 aliphatic rings. The van der Waals surface area contributed by atoms with Crippen LogP contribution in [0.15, 0.2) is 24.3 Å². The number of aliphatic hydroxyl groups is 1. The van der Waals surface area contributed by atoms with Crippen LogP contribution in [0, 0.1) is 5.41 Å². The number of para-hydroxylation sites is 2. The summed E-state index contributed by atoms with van der Waals surface area (Å²) in [6, 6.07) is 7.47. The molecule has 0 spiro atoms. The van der Waals surface area contributed by atoms with Crippen molar-refractivity contribution in [2.75, 3.05) is 31.6 Å². The summed E-state index contributed by atoms with van der Waals surface area (Å²) in [5.41, 5.74) is 0.700. The predicted octanol–water partition coefficient (Wildman–Crippen LogP) is 3.88. The zero-order chi connectivity index (χ0) is 17.4. The Kier molecular flexibility index (Phi) is 6.91. The van der Waals surface area contributed by atoms with Crippen molar-refractivity contribution in [3.63, 3.8) is 0 Å². The van der Waals surface area contributed by atoms with E-state index < -0.39 is 0 Å². The molecule has 5 heteroatoms. The van der Waals surface area contributed by atoms with Crippen LogP contribution in [0.25, 0.3) is 0 Å². The van der Waals surface area contributed by atoms with Crippen LogP contribution in [0.5, 0.6) is 5.75 Å². The van der Waals surface area contributed by atoms with Gasteiger partial charge in [0.2, 0.25) is 0 Å². The number of benzene rings is 1. The zero-order valence-corrected chi connectivity index (χ0v) is 14.9. The van der Waals surface area contributed by atoms with E-state index in [2.05, 4.69) is 19.2 Å². The van der Waals surface area contributed by atoms with Crippen LogP contribution in [0.2, 0.25) is 0 Å². The Bertz CT molecular complexity index is 519. The standard InChI is InChI=1S/C19H30N2O3/c1-3-5-14-24-17-9-7-6-8-16(17)20-18(23)21-12-10-19(4-2,15-22)11-13-21/h6-9,22H,3-5,10-15H2,1-2H3,(H,20,23). The summed E-state index contributed by atoms with van der Waals surface area (Å²) in [5.74, 6) is 0.717. The Labute approximate surface area is 145 Å². The summed E-state index contributed by atoms with van der Waals surface area (Å²) in [4.78, 5) is 14.4. The molecule has 0 aromatic heterocycles. The molecule has 0 radical (unpaired) electrons. The number of piperidine rings is 1. The number of ether oxygens (including phenoxy) is 1. The number of unbranched alkanes of at least 4 members (excludes halogenated alkanes) is 1. The molecule has 1 saturated heterocycles. The van der Waals surface area contributed by atoms with Crippen LogP contribution >= 0.6 is 0 Å². The number of amides is 2. The quantitative estimate of drug-likeness (QED) is 0.744. The molecule has 0 aliphatic carbocycles. The summed E-state index contributed by atoms with van der Waals surface area (Å²) in [6.07, 6.45) is 4.72. The molecule has 2 rings (SSSR count). The molecule has 0 atom stereocenters. The molecule has 0 saturated carbocycles. The summed E-state index contributed by atoms with van der Waals surface area (Å²) < 4.78 is 5.77. The molecule has 24 heavy (non-hydrogen) atoms. The second-order valence-corrected chi connectivity index (χ2v) is 6.63. The Morgan fingerprint density at radius 1 is 1.29 bits per heavy atom. The van der Waals surface area contributed by atoms with E-state index in [1.165, 1.54) is 0 Å². The van der Waals surface area contributed by atoms with Crippen molar-refractivity contribution < 1.29 is 14.6 Å². The molecule has 1 heterocycles. The number of rotatable bonds is 7. The van der Waals surface area contributed by atoms with E-state index >= 15 is 0 Å². The molecular formula is C19H30N2O3. The average molecular weight is 334 g/mol. The fourth-order valence-electron chi connectivity index (χ4n) is 3.02. The van der Waals surface area contributed by atoms with Gasteiger partial charge >= 0.3 is 6.03 Å². The van der Waals surface area contributed by atoms with Crippen molar-refractivity contribution in [3.8, 4) is 5.75 Å². The van der Waals surface area contributed by atoms with E-state index in [0.29, 0.717) is 25.4 Å². The minimum Gasteiger partial charge on any atom is -0.491 e. The van der Waals surface area contributed by atoms with E-state index in [-0.39, 0.29) is 18.1 Å². The van der Waals surface area contributed by atoms with Gasteiger partial charge in [0.15, 0.2) is 0 Å². The number of anilines is 1. The smallest absolute Gasteiger partial charge is 0.321 e. The van der Waals surface area contributed by atoms with Gasteiger partial charge in [-0.2, -0.15) is 0 Å². The van der Waals surface area contributed by atoms with Gasteiger partial charge in [-0.15, -0.1) is 0 Å². The third-order valence-corrected chi connectivity index (χ3v) is 5.08. The molecule has 0 unspecified atom stereocenters. The van der Waals surface area contributed by atoms with Crippen molar-refractivity contribution in [2.45, 2.75) is 46.0 Å². The Balaban J connectivity index is 1.93. The maximum atomic E-state index is 12.5. The highest BCUT2D eigenvalue weighted by Gasteiger charge is 2.34. The van der Waals surface area contributed by atoms with Gasteiger partial charge in [0.1, 0.15) is 5.75 Å². The van der Waals surface area contributed by atoms with Crippen molar-refractivity contribution in [2.24, 2.45) is 5.41 Å². The highest BCUT2D eigenvalue weighted by atomic mass is 16.5. The molecule has 2 N–H and O–H groups in total. The van der Waals surface area contributed by atoms with Crippen molar-refractivity contribution in [1.29, 1.82) is 0 Å². The summed E-state index contributed by atoms with van der Waals surface area (Å²) in [7, 11) is 0. The van der Waals surface area contributed by atoms with Gasteiger partial charge < -0.3 is 20.1 Å². The summed E-state index contributed by atoms with van der Waals surface area (Å²) in [5, 5.41) is 12.6. The topological polar surface area (TPSA) is 61.8 Å². The third-order valence-electron chi connectivity index (χ3n) is 5.08. The first kappa shape index (κ1) is 18.6. The second-order valence-electron chi connectivity index (χ2n) is 6.63. The van der Waals surface area contributed by atoms with Crippen molar-refractivity contribution in [3.05, 3.63) is 24.3 Å². The Hall–Kier alpha value is -1.75. The second kappa shape index (κ2) is 8.92. The van der Waals surface area contributed by atoms with Crippen molar-refractivity contribution >= 4 is 11.7 Å². The first-order valence-corrected chi connectivity index (χ1v) is 9.02. The monoisotopic (exact) mass is 334 g/mol. The number of hydrogen-bond acceptors (Lipinski definition) is 3. The molecule has 134 valence electrons. The number of nitrogens with zero attached hydrogens (tertiary/aromatic N) is 1. The highest BCUT2D eigenvalue weighted by molar-refractivity contribution is 5.91. The third kappa shape index (κ3) is 4.63. The summed E-state index contributed by atoms with van der Waals surface area (Å²) in [6.45, 7) is 6.44. The Morgan fingerprint density at radius 2 is 2.00 bits per heavy atom. The number of hydrogen-bond donors (Lipinski definition) is 2. The lowest BCUT2D eigenvalue weighted by Gasteiger charge is -2.40. The lowest BCUT2D eigenvalue weighted by atomic mass is 9.77. The van der Waals surface area contributed by atoms with Gasteiger partial charge in [-0.1, -0.05) is 32.4 Å². The van der Waals surface area contributed by atoms with E-state index in [9.17, 15) is 9.90 Å². The minimum atomic E-state index is -0.0933. The van der Waals surface area contributed by atoms with Gasteiger partial charge in [0.05, 0.1) is 12.3 Å². The van der Waals surface area contributed by atoms with E-state index in [1.54, 1.807) is 0 Å². The number of nitrogens with one attached hydrogen (secondary N) is 1. The lowest BCUT2D eigenvalue weighted by molar-refractivity contribution is 0.0542. The lowest BCUT2D eigenvalue weighted by Crippen LogP contribution is -2.46. The SMILES string of the molecule is CCCCOc1ccccc1NC(=O)N1CCC(CC)(CO)CC1. The predicted molar refractivity (Wildman–Crippen MR) is 96.5 cm³/mol. The zero-order valence-electron chi connectivity index (χ0n) is 14.9. The van der Waals surface area contributed by atoms with Crippen LogP contribution in [0.4, 0.5) is 10.5 Å². The van der Waals surface area contributed by atoms with Gasteiger partial charge in [-0.25, -0.2) is 4.79 Å². The average Bonchev–Trinajstić information content (AvgIpc) is 2.63. The van der Waals surface area contributed by atoms with Gasteiger partial charge in [-0.3, -0.25) is 0 Å². The van der Waals surface area contributed by atoms with Crippen LogP contribution in [-0.4, -0.2) is 42.3 Å². The van der Waals surface area contributed by atoms with E-state index in [0.717, 1.165) is 37.9 Å². The van der Waals surface area contributed by atoms with Crippen molar-refractivity contribution in [1.82, 2.24) is 4.90 Å². The van der Waals surface area contributed by atoms with Gasteiger partial charge in [0.25, 0.3) is 0 Å². The van der Waals surface area contributed by atoms with Gasteiger partial charge in [-0.05, 0) is 43.2 Å². The number of likely N-dealkylation sites (tertiary alicyclic amines) is 1. The normalized spacial score (nSPS) is 16.7. The first-order chi connectivity index (χ1) is 11.6. The molecule has 1 fully saturated rings. The largest absolute Gasteiger partial charge is 0.491 e. The molecule has 1 aromatic carbocycles.